The lowest BCUT2D eigenvalue weighted by Crippen LogP contribution is -2.66. The normalized spacial score (nSPS) is 27.5. The Labute approximate surface area is 148 Å². The minimum absolute atomic E-state index is 0.0243. The Morgan fingerprint density at radius 3 is 2.43 bits per heavy atom. The molecule has 0 radical (unpaired) electrons. The second kappa shape index (κ2) is 6.57. The van der Waals surface area contributed by atoms with Crippen molar-refractivity contribution in [3.63, 3.8) is 0 Å². The molecule has 2 rings (SSSR count). The van der Waals surface area contributed by atoms with E-state index in [1.54, 1.807) is 20.8 Å². The van der Waals surface area contributed by atoms with Gasteiger partial charge in [-0.1, -0.05) is 36.7 Å². The van der Waals surface area contributed by atoms with Crippen molar-refractivity contribution in [1.29, 1.82) is 0 Å². The van der Waals surface area contributed by atoms with Crippen LogP contribution in [0.5, 0.6) is 0 Å². The molecule has 0 aromatic heterocycles. The molecular formula is C15H20BrNO5S. The van der Waals surface area contributed by atoms with E-state index in [2.05, 4.69) is 15.9 Å². The Balaban J connectivity index is 2.46. The third-order valence-corrected chi connectivity index (χ3v) is 6.11. The van der Waals surface area contributed by atoms with Crippen molar-refractivity contribution in [1.82, 2.24) is 4.90 Å². The van der Waals surface area contributed by atoms with Gasteiger partial charge in [0.25, 0.3) is 5.91 Å². The summed E-state index contributed by atoms with van der Waals surface area (Å²) < 4.78 is 10.1. The molecule has 2 heterocycles. The van der Waals surface area contributed by atoms with E-state index in [4.69, 9.17) is 9.47 Å². The number of ketones is 1. The maximum absolute atomic E-state index is 12.9. The highest BCUT2D eigenvalue weighted by Crippen LogP contribution is 2.48. The van der Waals surface area contributed by atoms with Crippen molar-refractivity contribution in [3.05, 3.63) is 11.3 Å². The number of Topliss-reactive ketones (excluding diaryl/α,β-unsaturated/α-hetero) is 1. The largest absolute Gasteiger partial charge is 0.461 e. The first kappa shape index (κ1) is 18.5. The molecule has 1 unspecified atom stereocenters. The zero-order valence-electron chi connectivity index (χ0n) is 13.7. The second-order valence-corrected chi connectivity index (χ2v) is 9.19. The zero-order valence-corrected chi connectivity index (χ0v) is 16.1. The van der Waals surface area contributed by atoms with Crippen LogP contribution in [0.3, 0.4) is 0 Å². The number of amides is 1. The molecule has 0 bridgehead atoms. The van der Waals surface area contributed by atoms with Gasteiger partial charge < -0.3 is 9.47 Å². The molecule has 23 heavy (non-hydrogen) atoms. The average Bonchev–Trinajstić information content (AvgIpc) is 2.43. The Morgan fingerprint density at radius 2 is 1.96 bits per heavy atom. The van der Waals surface area contributed by atoms with Gasteiger partial charge in [-0.05, 0) is 0 Å². The van der Waals surface area contributed by atoms with E-state index in [0.29, 0.717) is 11.3 Å². The highest BCUT2D eigenvalue weighted by molar-refractivity contribution is 9.11. The first-order valence-electron chi connectivity index (χ1n) is 7.16. The summed E-state index contributed by atoms with van der Waals surface area (Å²) in [4.78, 5) is 37.8. The molecule has 8 heteroatoms. The number of fused-ring (bicyclic) bond motifs is 1. The van der Waals surface area contributed by atoms with Gasteiger partial charge in [-0.25, -0.2) is 0 Å². The number of carbonyl (C=O) groups is 3. The predicted molar refractivity (Wildman–Crippen MR) is 89.9 cm³/mol. The van der Waals surface area contributed by atoms with Gasteiger partial charge in [0, 0.05) is 25.0 Å². The van der Waals surface area contributed by atoms with Crippen LogP contribution in [0.1, 0.15) is 27.7 Å². The number of β-lactam (4-membered cyclic amide) rings is 1. The van der Waals surface area contributed by atoms with E-state index in [1.807, 2.05) is 0 Å². The quantitative estimate of drug-likeness (QED) is 0.404. The van der Waals surface area contributed by atoms with Gasteiger partial charge in [0.2, 0.25) is 0 Å². The highest BCUT2D eigenvalue weighted by Gasteiger charge is 2.56. The summed E-state index contributed by atoms with van der Waals surface area (Å²) in [5.74, 6) is -0.828. The first-order chi connectivity index (χ1) is 10.6. The van der Waals surface area contributed by atoms with Crippen LogP contribution in [0, 0.1) is 5.41 Å². The fourth-order valence-electron chi connectivity index (χ4n) is 2.42. The van der Waals surface area contributed by atoms with E-state index in [9.17, 15) is 14.4 Å². The topological polar surface area (TPSA) is 72.9 Å². The summed E-state index contributed by atoms with van der Waals surface area (Å²) >= 11 is 4.99. The van der Waals surface area contributed by atoms with Gasteiger partial charge in [-0.15, -0.1) is 11.8 Å². The minimum Gasteiger partial charge on any atom is -0.461 e. The van der Waals surface area contributed by atoms with Gasteiger partial charge >= 0.3 is 5.97 Å². The van der Waals surface area contributed by atoms with Crippen molar-refractivity contribution < 1.29 is 23.9 Å². The summed E-state index contributed by atoms with van der Waals surface area (Å²) in [5.41, 5.74) is 0.265. The van der Waals surface area contributed by atoms with Gasteiger partial charge in [0.05, 0.1) is 9.86 Å². The molecule has 6 nitrogen and oxygen atoms in total. The number of methoxy groups -OCH3 is 1. The smallest absolute Gasteiger partial charge is 0.302 e. The minimum atomic E-state index is -0.658. The number of thioether (sulfide) groups is 1. The Morgan fingerprint density at radius 1 is 1.35 bits per heavy atom. The summed E-state index contributed by atoms with van der Waals surface area (Å²) in [7, 11) is 1.48. The summed E-state index contributed by atoms with van der Waals surface area (Å²) in [6, 6.07) is 0. The van der Waals surface area contributed by atoms with Crippen molar-refractivity contribution in [3.8, 4) is 0 Å². The lowest BCUT2D eigenvalue weighted by Gasteiger charge is -2.51. The van der Waals surface area contributed by atoms with Crippen LogP contribution >= 0.6 is 27.7 Å². The first-order valence-corrected chi connectivity index (χ1v) is 9.02. The fourth-order valence-corrected chi connectivity index (χ4v) is 4.72. The monoisotopic (exact) mass is 405 g/mol. The van der Waals surface area contributed by atoms with Crippen molar-refractivity contribution in [2.45, 2.75) is 43.3 Å². The van der Waals surface area contributed by atoms with E-state index < -0.39 is 17.5 Å². The van der Waals surface area contributed by atoms with E-state index in [0.717, 1.165) is 0 Å². The van der Waals surface area contributed by atoms with Crippen molar-refractivity contribution in [2.75, 3.05) is 13.7 Å². The molecule has 0 aromatic rings. The molecule has 0 aromatic carbocycles. The van der Waals surface area contributed by atoms with Crippen LogP contribution in [-0.4, -0.2) is 51.9 Å². The Kier molecular flexibility index (Phi) is 5.27. The fraction of sp³-hybridized carbons (Fsp3) is 0.667. The molecule has 3 atom stereocenters. The Bertz CT molecular complexity index is 583. The molecule has 1 fully saturated rings. The number of halogens is 1. The van der Waals surface area contributed by atoms with Crippen LogP contribution in [0.2, 0.25) is 0 Å². The molecule has 2 aliphatic rings. The van der Waals surface area contributed by atoms with E-state index in [1.165, 1.54) is 30.7 Å². The molecule has 2 aliphatic heterocycles. The highest BCUT2D eigenvalue weighted by atomic mass is 79.9. The van der Waals surface area contributed by atoms with Crippen LogP contribution in [0.4, 0.5) is 0 Å². The number of esters is 1. The number of hydrogen-bond acceptors (Lipinski definition) is 6. The molecule has 1 saturated heterocycles. The van der Waals surface area contributed by atoms with Gasteiger partial charge in [0.1, 0.15) is 12.0 Å². The second-order valence-electron chi connectivity index (χ2n) is 6.44. The number of ether oxygens (including phenoxy) is 2. The van der Waals surface area contributed by atoms with Crippen LogP contribution < -0.4 is 0 Å². The van der Waals surface area contributed by atoms with E-state index in [-0.39, 0.29) is 27.8 Å². The van der Waals surface area contributed by atoms with Crippen LogP contribution in [0.15, 0.2) is 11.3 Å². The zero-order chi connectivity index (χ0) is 17.5. The van der Waals surface area contributed by atoms with Crippen molar-refractivity contribution >= 4 is 45.4 Å². The maximum atomic E-state index is 12.9. The summed E-state index contributed by atoms with van der Waals surface area (Å²) in [6.45, 7) is 6.67. The van der Waals surface area contributed by atoms with Crippen molar-refractivity contribution in [2.24, 2.45) is 5.41 Å². The molecule has 0 spiro atoms. The number of rotatable bonds is 4. The van der Waals surface area contributed by atoms with Gasteiger partial charge in [-0.3, -0.25) is 19.3 Å². The van der Waals surface area contributed by atoms with E-state index >= 15 is 0 Å². The lowest BCUT2D eigenvalue weighted by molar-refractivity contribution is -0.160. The maximum Gasteiger partial charge on any atom is 0.302 e. The lowest BCUT2D eigenvalue weighted by atomic mass is 9.85. The number of nitrogens with zero attached hydrogens (tertiary/aromatic N) is 1. The summed E-state index contributed by atoms with van der Waals surface area (Å²) in [6.07, 6.45) is -0.557. The molecule has 0 saturated carbocycles. The molecule has 0 N–H and O–H groups in total. The Hall–Kier alpha value is -0.860. The third kappa shape index (κ3) is 3.34. The van der Waals surface area contributed by atoms with Gasteiger partial charge in [0.15, 0.2) is 11.9 Å². The van der Waals surface area contributed by atoms with Crippen LogP contribution in [0.25, 0.3) is 0 Å². The molecule has 1 amide bonds. The number of allylic oxidation sites excluding steroid dienone is 1. The third-order valence-electron chi connectivity index (χ3n) is 3.65. The predicted octanol–water partition coefficient (Wildman–Crippen LogP) is 2.07. The number of alkyl halides is 1. The molecule has 0 aliphatic carbocycles. The average molecular weight is 406 g/mol. The SMILES string of the molecule is CO[C@H]1C(=O)N2C(C(=O)C(C)(C)C)=C(COC(C)=O)C(Br)S[C@@H]12. The summed E-state index contributed by atoms with van der Waals surface area (Å²) in [5, 5.41) is -0.251. The molecular weight excluding hydrogens is 386 g/mol. The number of carbonyl (C=O) groups excluding carboxylic acids is 3. The number of hydrogen-bond donors (Lipinski definition) is 0. The van der Waals surface area contributed by atoms with Gasteiger partial charge in [-0.2, -0.15) is 0 Å². The molecule has 128 valence electrons. The standard InChI is InChI=1S/C15H20BrNO5S/c1-7(18)22-6-8-9(11(19)15(2,3)4)17-13(20)10(21-5)14(17)23-12(8)16/h10,12,14H,6H2,1-5H3/t10-,12?,14-/m0/s1. The van der Waals surface area contributed by atoms with Crippen LogP contribution in [-0.2, 0) is 23.9 Å².